The Bertz CT molecular complexity index is 1030. The molecule has 1 atom stereocenters. The Labute approximate surface area is 174 Å². The fourth-order valence-electron chi connectivity index (χ4n) is 3.33. The number of hydrogen-bond donors (Lipinski definition) is 1. The molecule has 1 unspecified atom stereocenters. The maximum Gasteiger partial charge on any atom is 0.246 e. The average Bonchev–Trinajstić information content (AvgIpc) is 2.70. The van der Waals surface area contributed by atoms with Crippen LogP contribution in [0.4, 0.5) is 10.1 Å². The van der Waals surface area contributed by atoms with Crippen LogP contribution in [0.15, 0.2) is 41.3 Å². The topological polar surface area (TPSA) is 75.7 Å². The summed E-state index contributed by atoms with van der Waals surface area (Å²) in [5, 5.41) is 3.33. The minimum absolute atomic E-state index is 0.00739. The summed E-state index contributed by atoms with van der Waals surface area (Å²) in [6.45, 7) is 2.11. The number of halogens is 2. The highest BCUT2D eigenvalue weighted by Gasteiger charge is 2.35. The van der Waals surface area contributed by atoms with E-state index in [1.807, 2.05) is 6.92 Å². The van der Waals surface area contributed by atoms with Gasteiger partial charge in [-0.1, -0.05) is 17.7 Å². The molecule has 6 nitrogen and oxygen atoms in total. The van der Waals surface area contributed by atoms with E-state index >= 15 is 0 Å². The number of benzene rings is 2. The minimum Gasteiger partial charge on any atom is -0.495 e. The number of piperidine rings is 1. The molecule has 9 heteroatoms. The monoisotopic (exact) mass is 440 g/mol. The van der Waals surface area contributed by atoms with Crippen molar-refractivity contribution in [1.82, 2.24) is 4.31 Å². The summed E-state index contributed by atoms with van der Waals surface area (Å²) in [5.41, 5.74) is 1.45. The van der Waals surface area contributed by atoms with E-state index in [1.165, 1.54) is 17.5 Å². The lowest BCUT2D eigenvalue weighted by molar-refractivity contribution is -0.120. The van der Waals surface area contributed by atoms with Gasteiger partial charge in [-0.2, -0.15) is 4.31 Å². The van der Waals surface area contributed by atoms with Crippen LogP contribution < -0.4 is 10.1 Å². The molecule has 29 heavy (non-hydrogen) atoms. The zero-order valence-corrected chi connectivity index (χ0v) is 17.7. The number of nitrogens with one attached hydrogen (secondary N) is 1. The van der Waals surface area contributed by atoms with Crippen molar-refractivity contribution in [2.45, 2.75) is 24.7 Å². The lowest BCUT2D eigenvalue weighted by atomic mass is 9.98. The molecule has 0 aliphatic carbocycles. The van der Waals surface area contributed by atoms with E-state index in [0.717, 1.165) is 17.7 Å². The Morgan fingerprint density at radius 2 is 2.03 bits per heavy atom. The number of carbonyl (C=O) groups excluding carboxylic acids is 1. The normalized spacial score (nSPS) is 17.7. The first kappa shape index (κ1) is 21.5. The summed E-state index contributed by atoms with van der Waals surface area (Å²) in [6, 6.07) is 8.53. The number of ether oxygens (including phenoxy) is 1. The largest absolute Gasteiger partial charge is 0.495 e. The lowest BCUT2D eigenvalue weighted by Gasteiger charge is -2.31. The molecule has 2 aromatic rings. The molecule has 0 bridgehead atoms. The Morgan fingerprint density at radius 1 is 1.28 bits per heavy atom. The van der Waals surface area contributed by atoms with E-state index in [4.69, 9.17) is 16.3 Å². The van der Waals surface area contributed by atoms with Gasteiger partial charge in [0.15, 0.2) is 0 Å². The van der Waals surface area contributed by atoms with Crippen LogP contribution in [0.5, 0.6) is 5.75 Å². The number of rotatable bonds is 5. The number of nitrogens with zero attached hydrogens (tertiary/aromatic N) is 1. The molecule has 156 valence electrons. The van der Waals surface area contributed by atoms with Crippen LogP contribution in [0.1, 0.15) is 18.4 Å². The van der Waals surface area contributed by atoms with Crippen molar-refractivity contribution in [2.24, 2.45) is 5.92 Å². The summed E-state index contributed by atoms with van der Waals surface area (Å²) in [4.78, 5) is 12.5. The third-order valence-electron chi connectivity index (χ3n) is 4.96. The second-order valence-corrected chi connectivity index (χ2v) is 9.29. The number of anilines is 1. The van der Waals surface area contributed by atoms with E-state index in [0.29, 0.717) is 23.6 Å². The van der Waals surface area contributed by atoms with Crippen molar-refractivity contribution in [1.29, 1.82) is 0 Å². The van der Waals surface area contributed by atoms with Crippen LogP contribution in [0, 0.1) is 18.7 Å². The summed E-state index contributed by atoms with van der Waals surface area (Å²) in [6.07, 6.45) is 1.07. The van der Waals surface area contributed by atoms with Gasteiger partial charge in [-0.3, -0.25) is 4.79 Å². The van der Waals surface area contributed by atoms with Crippen LogP contribution in [-0.2, 0) is 14.8 Å². The van der Waals surface area contributed by atoms with Crippen molar-refractivity contribution in [3.8, 4) is 5.75 Å². The van der Waals surface area contributed by atoms with Crippen molar-refractivity contribution >= 4 is 33.2 Å². The van der Waals surface area contributed by atoms with E-state index in [-0.39, 0.29) is 29.6 Å². The molecule has 1 aliphatic heterocycles. The van der Waals surface area contributed by atoms with Gasteiger partial charge in [-0.05, 0) is 55.7 Å². The molecule has 0 spiro atoms. The Morgan fingerprint density at radius 3 is 2.76 bits per heavy atom. The Balaban J connectivity index is 1.80. The SMILES string of the molecule is COc1ccc(F)cc1S(=O)(=O)N1CCCC(C(=O)Nc2cc(Cl)ccc2C)C1. The summed E-state index contributed by atoms with van der Waals surface area (Å²) >= 11 is 6.00. The highest BCUT2D eigenvalue weighted by Crippen LogP contribution is 2.31. The van der Waals surface area contributed by atoms with E-state index in [9.17, 15) is 17.6 Å². The van der Waals surface area contributed by atoms with Crippen LogP contribution in [0.3, 0.4) is 0 Å². The maximum atomic E-state index is 13.7. The van der Waals surface area contributed by atoms with Gasteiger partial charge in [0.05, 0.1) is 13.0 Å². The average molecular weight is 441 g/mol. The number of carbonyl (C=O) groups is 1. The first-order valence-corrected chi connectivity index (χ1v) is 10.9. The van der Waals surface area contributed by atoms with Gasteiger partial charge in [0.25, 0.3) is 0 Å². The zero-order valence-electron chi connectivity index (χ0n) is 16.1. The highest BCUT2D eigenvalue weighted by molar-refractivity contribution is 7.89. The predicted octanol–water partition coefficient (Wildman–Crippen LogP) is 3.84. The predicted molar refractivity (Wildman–Crippen MR) is 109 cm³/mol. The van der Waals surface area contributed by atoms with Gasteiger partial charge in [0, 0.05) is 23.8 Å². The fraction of sp³-hybridized carbons (Fsp3) is 0.350. The molecule has 1 fully saturated rings. The second-order valence-electron chi connectivity index (χ2n) is 6.95. The molecular formula is C20H22ClFN2O4S. The Kier molecular flexibility index (Phi) is 6.45. The van der Waals surface area contributed by atoms with Crippen molar-refractivity contribution in [3.05, 3.63) is 52.8 Å². The minimum atomic E-state index is -4.01. The van der Waals surface area contributed by atoms with E-state index < -0.39 is 21.8 Å². The molecule has 0 aromatic heterocycles. The number of methoxy groups -OCH3 is 1. The fourth-order valence-corrected chi connectivity index (χ4v) is 5.19. The second kappa shape index (κ2) is 8.69. The van der Waals surface area contributed by atoms with Crippen molar-refractivity contribution in [2.75, 3.05) is 25.5 Å². The van der Waals surface area contributed by atoms with Gasteiger partial charge < -0.3 is 10.1 Å². The molecule has 1 amide bonds. The standard InChI is InChI=1S/C20H22ClFN2O4S/c1-13-5-6-15(21)10-17(13)23-20(25)14-4-3-9-24(12-14)29(26,27)19-11-16(22)7-8-18(19)28-2/h5-8,10-11,14H,3-4,9,12H2,1-2H3,(H,23,25). The van der Waals surface area contributed by atoms with Gasteiger partial charge in [0.1, 0.15) is 16.5 Å². The number of hydrogen-bond acceptors (Lipinski definition) is 4. The number of sulfonamides is 1. The van der Waals surface area contributed by atoms with Crippen LogP contribution in [0.2, 0.25) is 5.02 Å². The summed E-state index contributed by atoms with van der Waals surface area (Å²) in [7, 11) is -2.69. The molecule has 0 radical (unpaired) electrons. The molecule has 2 aromatic carbocycles. The number of amides is 1. The van der Waals surface area contributed by atoms with Gasteiger partial charge in [-0.15, -0.1) is 0 Å². The quantitative estimate of drug-likeness (QED) is 0.766. The summed E-state index contributed by atoms with van der Waals surface area (Å²) < 4.78 is 46.1. The van der Waals surface area contributed by atoms with Gasteiger partial charge in [0.2, 0.25) is 15.9 Å². The summed E-state index contributed by atoms with van der Waals surface area (Å²) in [5.74, 6) is -1.42. The zero-order chi connectivity index (χ0) is 21.2. The molecular weight excluding hydrogens is 419 g/mol. The number of aryl methyl sites for hydroxylation is 1. The molecule has 1 aliphatic rings. The highest BCUT2D eigenvalue weighted by atomic mass is 35.5. The maximum absolute atomic E-state index is 13.7. The van der Waals surface area contributed by atoms with E-state index in [2.05, 4.69) is 5.32 Å². The third kappa shape index (κ3) is 4.71. The lowest BCUT2D eigenvalue weighted by Crippen LogP contribution is -2.43. The molecule has 1 heterocycles. The van der Waals surface area contributed by atoms with Gasteiger partial charge >= 0.3 is 0 Å². The van der Waals surface area contributed by atoms with Crippen molar-refractivity contribution < 1.29 is 22.3 Å². The van der Waals surface area contributed by atoms with Crippen molar-refractivity contribution in [3.63, 3.8) is 0 Å². The third-order valence-corrected chi connectivity index (χ3v) is 7.08. The molecule has 1 N–H and O–H groups in total. The van der Waals surface area contributed by atoms with Crippen LogP contribution >= 0.6 is 11.6 Å². The molecule has 3 rings (SSSR count). The first-order chi connectivity index (χ1) is 13.7. The molecule has 0 saturated carbocycles. The smallest absolute Gasteiger partial charge is 0.246 e. The van der Waals surface area contributed by atoms with Gasteiger partial charge in [-0.25, -0.2) is 12.8 Å². The van der Waals surface area contributed by atoms with Crippen LogP contribution in [-0.4, -0.2) is 38.8 Å². The Hall–Kier alpha value is -2.16. The van der Waals surface area contributed by atoms with E-state index in [1.54, 1.807) is 18.2 Å². The first-order valence-electron chi connectivity index (χ1n) is 9.13. The molecule has 1 saturated heterocycles. The van der Waals surface area contributed by atoms with Crippen LogP contribution in [0.25, 0.3) is 0 Å².